The van der Waals surface area contributed by atoms with Crippen LogP contribution in [0.3, 0.4) is 0 Å². The van der Waals surface area contributed by atoms with Crippen LogP contribution in [0.4, 0.5) is 11.5 Å². The number of nitrogens with two attached hydrogens (primary N) is 1. The van der Waals surface area contributed by atoms with Gasteiger partial charge in [-0.15, -0.1) is 0 Å². The second-order valence-electron chi connectivity index (χ2n) is 4.42. The van der Waals surface area contributed by atoms with Crippen LogP contribution in [0.25, 0.3) is 0 Å². The van der Waals surface area contributed by atoms with E-state index in [4.69, 9.17) is 5.73 Å². The summed E-state index contributed by atoms with van der Waals surface area (Å²) in [6, 6.07) is 0. The van der Waals surface area contributed by atoms with E-state index in [1.54, 1.807) is 11.9 Å². The topological polar surface area (TPSA) is 84.1 Å². The SMILES string of the molecule is CCCCn1c(N)c(N(C)CCC)c(=O)[nH]c1=O. The number of hydrogen-bond acceptors (Lipinski definition) is 4. The molecule has 1 aromatic heterocycles. The molecule has 0 aliphatic heterocycles. The fraction of sp³-hybridized carbons (Fsp3) is 0.667. The molecule has 0 radical (unpaired) electrons. The Labute approximate surface area is 106 Å². The summed E-state index contributed by atoms with van der Waals surface area (Å²) in [5.74, 6) is 0.258. The summed E-state index contributed by atoms with van der Waals surface area (Å²) in [5.41, 5.74) is 5.49. The smallest absolute Gasteiger partial charge is 0.330 e. The highest BCUT2D eigenvalue weighted by Gasteiger charge is 2.15. The van der Waals surface area contributed by atoms with Gasteiger partial charge in [0.1, 0.15) is 11.5 Å². The van der Waals surface area contributed by atoms with E-state index in [0.717, 1.165) is 25.8 Å². The Morgan fingerprint density at radius 3 is 2.50 bits per heavy atom. The fourth-order valence-electron chi connectivity index (χ4n) is 1.93. The number of nitrogens with one attached hydrogen (secondary N) is 1. The van der Waals surface area contributed by atoms with E-state index in [9.17, 15) is 9.59 Å². The number of nitrogen functional groups attached to an aromatic ring is 1. The quantitative estimate of drug-likeness (QED) is 0.785. The van der Waals surface area contributed by atoms with Crippen molar-refractivity contribution < 1.29 is 0 Å². The molecule has 3 N–H and O–H groups in total. The number of hydrogen-bond donors (Lipinski definition) is 2. The molecule has 0 aromatic carbocycles. The maximum atomic E-state index is 11.8. The van der Waals surface area contributed by atoms with Crippen molar-refractivity contribution in [3.63, 3.8) is 0 Å². The van der Waals surface area contributed by atoms with Crippen LogP contribution in [0, 0.1) is 0 Å². The Balaban J connectivity index is 3.26. The fourth-order valence-corrected chi connectivity index (χ4v) is 1.93. The maximum Gasteiger partial charge on any atom is 0.330 e. The first kappa shape index (κ1) is 14.3. The van der Waals surface area contributed by atoms with Crippen LogP contribution >= 0.6 is 0 Å². The normalized spacial score (nSPS) is 10.6. The molecule has 6 nitrogen and oxygen atoms in total. The molecule has 102 valence electrons. The third-order valence-corrected chi connectivity index (χ3v) is 2.89. The average molecular weight is 254 g/mol. The van der Waals surface area contributed by atoms with Gasteiger partial charge < -0.3 is 10.6 Å². The Morgan fingerprint density at radius 2 is 1.94 bits per heavy atom. The Kier molecular flexibility index (Phi) is 5.00. The highest BCUT2D eigenvalue weighted by Crippen LogP contribution is 2.15. The highest BCUT2D eigenvalue weighted by molar-refractivity contribution is 5.61. The maximum absolute atomic E-state index is 11.8. The van der Waals surface area contributed by atoms with Gasteiger partial charge in [-0.1, -0.05) is 20.3 Å². The van der Waals surface area contributed by atoms with Gasteiger partial charge in [-0.2, -0.15) is 0 Å². The lowest BCUT2D eigenvalue weighted by atomic mass is 10.3. The van der Waals surface area contributed by atoms with Crippen LogP contribution in [0.1, 0.15) is 33.1 Å². The lowest BCUT2D eigenvalue weighted by molar-refractivity contribution is 0.603. The largest absolute Gasteiger partial charge is 0.383 e. The van der Waals surface area contributed by atoms with Gasteiger partial charge in [0.2, 0.25) is 0 Å². The average Bonchev–Trinajstić information content (AvgIpc) is 2.28. The van der Waals surface area contributed by atoms with Crippen LogP contribution in [0.2, 0.25) is 0 Å². The van der Waals surface area contributed by atoms with Crippen LogP contribution in [-0.2, 0) is 6.54 Å². The number of H-pyrrole nitrogens is 1. The van der Waals surface area contributed by atoms with Crippen molar-refractivity contribution in [2.75, 3.05) is 24.2 Å². The Hall–Kier alpha value is -1.72. The van der Waals surface area contributed by atoms with Gasteiger partial charge in [0.15, 0.2) is 0 Å². The van der Waals surface area contributed by atoms with E-state index in [-0.39, 0.29) is 5.82 Å². The summed E-state index contributed by atoms with van der Waals surface area (Å²) in [4.78, 5) is 27.6. The minimum atomic E-state index is -0.431. The number of rotatable bonds is 6. The minimum Gasteiger partial charge on any atom is -0.383 e. The van der Waals surface area contributed by atoms with Crippen LogP contribution in [-0.4, -0.2) is 23.1 Å². The molecule has 6 heteroatoms. The number of aromatic nitrogens is 2. The van der Waals surface area contributed by atoms with Crippen LogP contribution in [0.5, 0.6) is 0 Å². The lowest BCUT2D eigenvalue weighted by Gasteiger charge is -2.21. The molecular weight excluding hydrogens is 232 g/mol. The predicted molar refractivity (Wildman–Crippen MR) is 74.2 cm³/mol. The molecule has 0 aliphatic carbocycles. The van der Waals surface area contributed by atoms with Crippen molar-refractivity contribution in [3.05, 3.63) is 20.8 Å². The highest BCUT2D eigenvalue weighted by atomic mass is 16.2. The number of aromatic amines is 1. The van der Waals surface area contributed by atoms with Gasteiger partial charge in [0.25, 0.3) is 5.56 Å². The van der Waals surface area contributed by atoms with E-state index in [0.29, 0.717) is 12.2 Å². The second kappa shape index (κ2) is 6.28. The standard InChI is InChI=1S/C12H22N4O2/c1-4-6-8-16-10(13)9(15(3)7-5-2)11(17)14-12(16)18/h4-8,13H2,1-3H3,(H,14,17,18). The molecule has 0 unspecified atom stereocenters. The molecule has 0 spiro atoms. The first-order chi connectivity index (χ1) is 8.52. The molecular formula is C12H22N4O2. The Bertz CT molecular complexity index is 504. The van der Waals surface area contributed by atoms with Crippen molar-refractivity contribution >= 4 is 11.5 Å². The minimum absolute atomic E-state index is 0.258. The third kappa shape index (κ3) is 2.94. The number of unbranched alkanes of at least 4 members (excludes halogenated alkanes) is 1. The zero-order chi connectivity index (χ0) is 13.7. The van der Waals surface area contributed by atoms with Gasteiger partial charge >= 0.3 is 5.69 Å². The molecule has 1 aromatic rings. The van der Waals surface area contributed by atoms with Crippen molar-refractivity contribution in [2.45, 2.75) is 39.7 Å². The van der Waals surface area contributed by atoms with Crippen LogP contribution < -0.4 is 21.9 Å². The molecule has 0 fully saturated rings. The number of anilines is 2. The molecule has 0 bridgehead atoms. The van der Waals surface area contributed by atoms with E-state index in [1.165, 1.54) is 4.57 Å². The van der Waals surface area contributed by atoms with Gasteiger partial charge in [-0.25, -0.2) is 4.79 Å². The van der Waals surface area contributed by atoms with E-state index in [2.05, 4.69) is 4.98 Å². The molecule has 1 rings (SSSR count). The van der Waals surface area contributed by atoms with Crippen molar-refractivity contribution in [1.29, 1.82) is 0 Å². The van der Waals surface area contributed by atoms with Crippen LogP contribution in [0.15, 0.2) is 9.59 Å². The summed E-state index contributed by atoms with van der Waals surface area (Å²) >= 11 is 0. The van der Waals surface area contributed by atoms with Crippen molar-refractivity contribution in [3.8, 4) is 0 Å². The molecule has 0 saturated carbocycles. The van der Waals surface area contributed by atoms with Gasteiger partial charge in [0.05, 0.1) is 0 Å². The van der Waals surface area contributed by atoms with E-state index >= 15 is 0 Å². The first-order valence-electron chi connectivity index (χ1n) is 6.36. The second-order valence-corrected chi connectivity index (χ2v) is 4.42. The van der Waals surface area contributed by atoms with Gasteiger partial charge in [-0.3, -0.25) is 14.3 Å². The molecule has 18 heavy (non-hydrogen) atoms. The van der Waals surface area contributed by atoms with E-state index in [1.807, 2.05) is 13.8 Å². The number of nitrogens with zero attached hydrogens (tertiary/aromatic N) is 2. The summed E-state index contributed by atoms with van der Waals surface area (Å²) < 4.78 is 1.44. The summed E-state index contributed by atoms with van der Waals surface area (Å²) in [6.07, 6.45) is 2.72. The third-order valence-electron chi connectivity index (χ3n) is 2.89. The summed E-state index contributed by atoms with van der Waals surface area (Å²) in [7, 11) is 1.80. The monoisotopic (exact) mass is 254 g/mol. The molecule has 0 amide bonds. The molecule has 0 atom stereocenters. The predicted octanol–water partition coefficient (Wildman–Crippen LogP) is 0.765. The lowest BCUT2D eigenvalue weighted by Crippen LogP contribution is -2.37. The molecule has 0 aliphatic rings. The molecule has 1 heterocycles. The zero-order valence-electron chi connectivity index (χ0n) is 11.3. The van der Waals surface area contributed by atoms with Crippen molar-refractivity contribution in [2.24, 2.45) is 0 Å². The van der Waals surface area contributed by atoms with Gasteiger partial charge in [-0.05, 0) is 12.8 Å². The summed E-state index contributed by atoms with van der Waals surface area (Å²) in [6.45, 7) is 5.31. The van der Waals surface area contributed by atoms with Gasteiger partial charge in [0, 0.05) is 20.1 Å². The van der Waals surface area contributed by atoms with E-state index < -0.39 is 11.2 Å². The van der Waals surface area contributed by atoms with Crippen molar-refractivity contribution in [1.82, 2.24) is 9.55 Å². The Morgan fingerprint density at radius 1 is 1.28 bits per heavy atom. The zero-order valence-corrected chi connectivity index (χ0v) is 11.3. The first-order valence-corrected chi connectivity index (χ1v) is 6.36. The summed E-state index contributed by atoms with van der Waals surface area (Å²) in [5, 5.41) is 0. The molecule has 0 saturated heterocycles.